The second kappa shape index (κ2) is 11.3. The van der Waals surface area contributed by atoms with E-state index in [1.807, 2.05) is 11.0 Å². The largest absolute Gasteiger partial charge is 0.491 e. The smallest absolute Gasteiger partial charge is 0.256 e. The van der Waals surface area contributed by atoms with Gasteiger partial charge in [0.2, 0.25) is 5.91 Å². The summed E-state index contributed by atoms with van der Waals surface area (Å²) in [5.41, 5.74) is 2.26. The van der Waals surface area contributed by atoms with Crippen molar-refractivity contribution in [2.45, 2.75) is 58.1 Å². The Morgan fingerprint density at radius 3 is 2.64 bits per heavy atom. The van der Waals surface area contributed by atoms with Gasteiger partial charge in [-0.3, -0.25) is 9.59 Å². The van der Waals surface area contributed by atoms with Crippen molar-refractivity contribution in [1.82, 2.24) is 19.9 Å². The Labute approximate surface area is 212 Å². The minimum atomic E-state index is -0.113. The third-order valence-corrected chi connectivity index (χ3v) is 7.05. The number of hydrogen-bond donors (Lipinski definition) is 1. The highest BCUT2D eigenvalue weighted by Crippen LogP contribution is 2.31. The molecule has 0 aliphatic carbocycles. The van der Waals surface area contributed by atoms with Crippen molar-refractivity contribution in [2.24, 2.45) is 5.92 Å². The topological polar surface area (TPSA) is 110 Å². The lowest BCUT2D eigenvalue weighted by molar-refractivity contribution is -0.144. The summed E-state index contributed by atoms with van der Waals surface area (Å²) in [5.74, 6) is 1.58. The van der Waals surface area contributed by atoms with Crippen molar-refractivity contribution < 1.29 is 19.0 Å². The van der Waals surface area contributed by atoms with Gasteiger partial charge in [-0.25, -0.2) is 9.97 Å². The first-order valence-electron chi connectivity index (χ1n) is 12.6. The maximum absolute atomic E-state index is 12.2. The number of ether oxygens (including phenoxy) is 3. The minimum absolute atomic E-state index is 0.0851. The van der Waals surface area contributed by atoms with E-state index in [0.29, 0.717) is 29.6 Å². The van der Waals surface area contributed by atoms with E-state index in [1.165, 1.54) is 19.2 Å². The van der Waals surface area contributed by atoms with Gasteiger partial charge in [-0.1, -0.05) is 0 Å². The molecule has 0 bridgehead atoms. The number of pyridine rings is 1. The second-order valence-corrected chi connectivity index (χ2v) is 10.1. The summed E-state index contributed by atoms with van der Waals surface area (Å²) in [5, 5.41) is 0. The molecule has 0 spiro atoms. The molecule has 0 saturated carbocycles. The van der Waals surface area contributed by atoms with Crippen LogP contribution in [0.3, 0.4) is 0 Å². The molecule has 2 aromatic rings. The van der Waals surface area contributed by atoms with Crippen molar-refractivity contribution in [3.8, 4) is 11.6 Å². The fraction of sp³-hybridized carbons (Fsp3) is 0.615. The summed E-state index contributed by atoms with van der Waals surface area (Å²) in [4.78, 5) is 39.2. The number of methoxy groups -OCH3 is 2. The fourth-order valence-corrected chi connectivity index (χ4v) is 5.11. The van der Waals surface area contributed by atoms with E-state index in [2.05, 4.69) is 33.7 Å². The van der Waals surface area contributed by atoms with Crippen LogP contribution < -0.4 is 19.9 Å². The van der Waals surface area contributed by atoms with Gasteiger partial charge in [-0.05, 0) is 39.5 Å². The number of likely N-dealkylation sites (tertiary alicyclic amines) is 1. The number of nitrogens with zero attached hydrogens (tertiary/aromatic N) is 4. The highest BCUT2D eigenvalue weighted by Gasteiger charge is 2.35. The normalized spacial score (nSPS) is 20.7. The van der Waals surface area contributed by atoms with E-state index in [1.54, 1.807) is 20.4 Å². The zero-order valence-corrected chi connectivity index (χ0v) is 21.7. The van der Waals surface area contributed by atoms with Crippen LogP contribution in [0.4, 0.5) is 5.69 Å². The van der Waals surface area contributed by atoms with Crippen LogP contribution in [-0.4, -0.2) is 71.8 Å². The van der Waals surface area contributed by atoms with Gasteiger partial charge < -0.3 is 29.0 Å². The molecule has 196 valence electrons. The average molecular weight is 500 g/mol. The maximum atomic E-state index is 12.2. The third kappa shape index (κ3) is 5.98. The van der Waals surface area contributed by atoms with E-state index in [9.17, 15) is 9.59 Å². The lowest BCUT2D eigenvalue weighted by atomic mass is 9.87. The van der Waals surface area contributed by atoms with Crippen LogP contribution in [0, 0.1) is 5.92 Å². The van der Waals surface area contributed by atoms with Crippen LogP contribution in [0.5, 0.6) is 11.6 Å². The Morgan fingerprint density at radius 2 is 1.94 bits per heavy atom. The summed E-state index contributed by atoms with van der Waals surface area (Å²) in [6.07, 6.45) is 8.04. The number of hydrogen-bond acceptors (Lipinski definition) is 8. The molecule has 1 N–H and O–H groups in total. The Morgan fingerprint density at radius 1 is 1.17 bits per heavy atom. The Bertz CT molecular complexity index is 1110. The summed E-state index contributed by atoms with van der Waals surface area (Å²) >= 11 is 0. The molecule has 5 heterocycles. The molecule has 0 radical (unpaired) electrons. The van der Waals surface area contributed by atoms with Crippen LogP contribution >= 0.6 is 0 Å². The molecule has 1 amide bonds. The molecular weight excluding hydrogens is 462 g/mol. The molecule has 10 nitrogen and oxygen atoms in total. The summed E-state index contributed by atoms with van der Waals surface area (Å²) in [6, 6.07) is 1.86. The predicted octanol–water partition coefficient (Wildman–Crippen LogP) is 2.56. The van der Waals surface area contributed by atoms with Crippen molar-refractivity contribution in [2.75, 3.05) is 45.4 Å². The Balaban J connectivity index is 0.000000179. The number of fused-ring (bicyclic) bond motifs is 1. The van der Waals surface area contributed by atoms with E-state index in [0.717, 1.165) is 56.9 Å². The van der Waals surface area contributed by atoms with Crippen molar-refractivity contribution in [3.63, 3.8) is 0 Å². The standard InChI is InChI=1S/C14H16N4O3.C12H21NO2/c1-20-12-5-9(6-15-14(12)21-2)18-4-3-11-10(7-18)13(19)17-8-16-11;1-12(2)9-10(5-8-15-12)11(14)13-6-3-4-7-13/h5-6,8H,3-4,7H2,1-2H3,(H,16,17,19);10H,3-9H2,1-2H3. The molecule has 2 saturated heterocycles. The molecule has 2 fully saturated rings. The average Bonchev–Trinajstić information content (AvgIpc) is 3.43. The number of anilines is 1. The molecule has 1 unspecified atom stereocenters. The highest BCUT2D eigenvalue weighted by molar-refractivity contribution is 5.79. The monoisotopic (exact) mass is 499 g/mol. The summed E-state index contributed by atoms with van der Waals surface area (Å²) < 4.78 is 16.0. The number of nitrogens with one attached hydrogen (secondary N) is 1. The molecule has 3 aliphatic rings. The van der Waals surface area contributed by atoms with E-state index in [-0.39, 0.29) is 17.1 Å². The molecule has 1 atom stereocenters. The summed E-state index contributed by atoms with van der Waals surface area (Å²) in [7, 11) is 3.12. The number of rotatable bonds is 4. The van der Waals surface area contributed by atoms with Gasteiger partial charge in [0.15, 0.2) is 5.75 Å². The van der Waals surface area contributed by atoms with Crippen LogP contribution in [-0.2, 0) is 22.5 Å². The minimum Gasteiger partial charge on any atom is -0.491 e. The van der Waals surface area contributed by atoms with Crippen LogP contribution in [0.15, 0.2) is 23.4 Å². The van der Waals surface area contributed by atoms with E-state index < -0.39 is 0 Å². The van der Waals surface area contributed by atoms with Gasteiger partial charge in [0.25, 0.3) is 11.4 Å². The van der Waals surface area contributed by atoms with Gasteiger partial charge in [-0.15, -0.1) is 0 Å². The van der Waals surface area contributed by atoms with Crippen molar-refractivity contribution in [3.05, 3.63) is 40.2 Å². The van der Waals surface area contributed by atoms with Gasteiger partial charge >= 0.3 is 0 Å². The highest BCUT2D eigenvalue weighted by atomic mass is 16.5. The molecule has 36 heavy (non-hydrogen) atoms. The Kier molecular flexibility index (Phi) is 8.13. The SMILES string of the molecule is CC1(C)CC(C(=O)N2CCCC2)CCO1.COc1cc(N2CCc3nc[nH]c(=O)c3C2)cnc1OC. The second-order valence-electron chi connectivity index (χ2n) is 10.1. The fourth-order valence-electron chi connectivity index (χ4n) is 5.11. The first-order valence-corrected chi connectivity index (χ1v) is 12.6. The van der Waals surface area contributed by atoms with Gasteiger partial charge in [-0.2, -0.15) is 0 Å². The Hall–Kier alpha value is -3.14. The quantitative estimate of drug-likeness (QED) is 0.684. The first-order chi connectivity index (χ1) is 17.3. The van der Waals surface area contributed by atoms with E-state index in [4.69, 9.17) is 14.2 Å². The summed E-state index contributed by atoms with van der Waals surface area (Å²) in [6.45, 7) is 8.12. The number of aromatic nitrogens is 3. The van der Waals surface area contributed by atoms with Crippen molar-refractivity contribution >= 4 is 11.6 Å². The number of amides is 1. The van der Waals surface area contributed by atoms with Gasteiger partial charge in [0, 0.05) is 44.6 Å². The molecule has 3 aliphatic heterocycles. The number of H-pyrrole nitrogens is 1. The number of aromatic amines is 1. The molecule has 5 rings (SSSR count). The van der Waals surface area contributed by atoms with Gasteiger partial charge in [0.1, 0.15) is 0 Å². The van der Waals surface area contributed by atoms with E-state index >= 15 is 0 Å². The zero-order valence-electron chi connectivity index (χ0n) is 21.7. The third-order valence-electron chi connectivity index (χ3n) is 7.05. The van der Waals surface area contributed by atoms with Crippen LogP contribution in [0.2, 0.25) is 0 Å². The zero-order chi connectivity index (χ0) is 25.7. The molecule has 2 aromatic heterocycles. The van der Waals surface area contributed by atoms with Crippen molar-refractivity contribution in [1.29, 1.82) is 0 Å². The predicted molar refractivity (Wildman–Crippen MR) is 136 cm³/mol. The lowest BCUT2D eigenvalue weighted by Crippen LogP contribution is -2.42. The molecule has 10 heteroatoms. The van der Waals surface area contributed by atoms with Crippen LogP contribution in [0.25, 0.3) is 0 Å². The number of carbonyl (C=O) groups is 1. The molecular formula is C26H37N5O5. The molecule has 0 aromatic carbocycles. The van der Waals surface area contributed by atoms with Crippen LogP contribution in [0.1, 0.15) is 50.8 Å². The first kappa shape index (κ1) is 25.9. The lowest BCUT2D eigenvalue weighted by Gasteiger charge is -2.36. The maximum Gasteiger partial charge on any atom is 0.256 e. The van der Waals surface area contributed by atoms with Gasteiger partial charge in [0.05, 0.1) is 55.8 Å². The number of carbonyl (C=O) groups excluding carboxylic acids is 1.